The average Bonchev–Trinajstić information content (AvgIpc) is 2.53. The smallest absolute Gasteiger partial charge is 0.335 e. The maximum Gasteiger partial charge on any atom is 0.335 e. The number of aromatic carboxylic acids is 2. The fourth-order valence-corrected chi connectivity index (χ4v) is 2.02. The lowest BCUT2D eigenvalue weighted by atomic mass is 9.97. The topological polar surface area (TPSA) is 109 Å². The Hall–Kier alpha value is -3.28. The molecule has 0 unspecified atom stereocenters. The highest BCUT2D eigenvalue weighted by Crippen LogP contribution is 2.25. The first kappa shape index (κ1) is 15.1. The minimum Gasteiger partial charge on any atom is -0.478 e. The fraction of sp³-hybridized carbons (Fsp3) is 0. The van der Waals surface area contributed by atoms with Crippen LogP contribution in [0.15, 0.2) is 36.4 Å². The minimum absolute atomic E-state index is 0.104. The summed E-state index contributed by atoms with van der Waals surface area (Å²) in [6, 6.07) is 7.89. The Bertz CT molecular complexity index is 724. The van der Waals surface area contributed by atoms with E-state index in [0.717, 1.165) is 0 Å². The summed E-state index contributed by atoms with van der Waals surface area (Å²) < 4.78 is 0. The first-order chi connectivity index (χ1) is 10.4. The molecule has 6 heteroatoms. The molecule has 110 valence electrons. The van der Waals surface area contributed by atoms with E-state index in [-0.39, 0.29) is 22.3 Å². The minimum atomic E-state index is -1.21. The molecule has 0 atom stereocenters. The molecule has 0 aliphatic rings. The molecule has 2 aromatic carbocycles. The van der Waals surface area contributed by atoms with E-state index in [1.54, 1.807) is 0 Å². The van der Waals surface area contributed by atoms with Crippen molar-refractivity contribution < 1.29 is 29.4 Å². The number of carboxylic acids is 2. The lowest BCUT2D eigenvalue weighted by Gasteiger charge is -2.07. The second-order valence-electron chi connectivity index (χ2n) is 4.53. The van der Waals surface area contributed by atoms with Crippen LogP contribution < -0.4 is 0 Å². The monoisotopic (exact) mass is 298 g/mol. The Balaban J connectivity index is 2.69. The fourth-order valence-electron chi connectivity index (χ4n) is 2.02. The van der Waals surface area contributed by atoms with Gasteiger partial charge in [0.2, 0.25) is 0 Å². The Morgan fingerprint density at radius 2 is 1.05 bits per heavy atom. The zero-order valence-corrected chi connectivity index (χ0v) is 11.1. The zero-order chi connectivity index (χ0) is 16.3. The van der Waals surface area contributed by atoms with Gasteiger partial charge in [-0.15, -0.1) is 0 Å². The Kier molecular flexibility index (Phi) is 4.13. The van der Waals surface area contributed by atoms with Gasteiger partial charge in [-0.2, -0.15) is 0 Å². The lowest BCUT2D eigenvalue weighted by Crippen LogP contribution is -2.01. The molecule has 0 heterocycles. The summed E-state index contributed by atoms with van der Waals surface area (Å²) >= 11 is 0. The average molecular weight is 298 g/mol. The van der Waals surface area contributed by atoms with Gasteiger partial charge in [0, 0.05) is 11.1 Å². The van der Waals surface area contributed by atoms with Crippen LogP contribution in [-0.4, -0.2) is 34.7 Å². The van der Waals surface area contributed by atoms with Crippen molar-refractivity contribution in [1.29, 1.82) is 0 Å². The van der Waals surface area contributed by atoms with Gasteiger partial charge in [0.1, 0.15) is 12.6 Å². The van der Waals surface area contributed by atoms with Crippen molar-refractivity contribution in [3.8, 4) is 11.1 Å². The SMILES string of the molecule is O=Cc1cc(C(=O)O)cc(-c2cc(C=O)cc(C(=O)O)c2)c1. The molecule has 0 aliphatic carbocycles. The van der Waals surface area contributed by atoms with Gasteiger partial charge in [-0.25, -0.2) is 9.59 Å². The highest BCUT2D eigenvalue weighted by atomic mass is 16.4. The normalized spacial score (nSPS) is 10.0. The standard InChI is InChI=1S/C16H10O6/c17-7-9-1-11(5-13(3-9)15(19)20)12-2-10(8-18)4-14(6-12)16(21)22/h1-8H,(H,19,20)(H,21,22). The van der Waals surface area contributed by atoms with Crippen molar-refractivity contribution in [3.63, 3.8) is 0 Å². The number of carboxylic acid groups (broad SMARTS) is 2. The molecule has 2 rings (SSSR count). The maximum atomic E-state index is 11.1. The lowest BCUT2D eigenvalue weighted by molar-refractivity contribution is 0.0686. The Morgan fingerprint density at radius 1 is 0.682 bits per heavy atom. The van der Waals surface area contributed by atoms with E-state index in [0.29, 0.717) is 23.7 Å². The Labute approximate surface area is 124 Å². The molecule has 0 radical (unpaired) electrons. The van der Waals surface area contributed by atoms with Crippen molar-refractivity contribution in [2.75, 3.05) is 0 Å². The third-order valence-electron chi connectivity index (χ3n) is 3.01. The molecule has 0 saturated carbocycles. The van der Waals surface area contributed by atoms with E-state index in [2.05, 4.69) is 0 Å². The van der Waals surface area contributed by atoms with E-state index >= 15 is 0 Å². The van der Waals surface area contributed by atoms with Crippen molar-refractivity contribution in [3.05, 3.63) is 58.7 Å². The molecule has 0 amide bonds. The van der Waals surface area contributed by atoms with Gasteiger partial charge >= 0.3 is 11.9 Å². The number of benzene rings is 2. The van der Waals surface area contributed by atoms with E-state index in [1.165, 1.54) is 36.4 Å². The van der Waals surface area contributed by atoms with Crippen molar-refractivity contribution in [1.82, 2.24) is 0 Å². The van der Waals surface area contributed by atoms with Crippen LogP contribution in [-0.2, 0) is 0 Å². The molecule has 0 fully saturated rings. The van der Waals surface area contributed by atoms with Crippen LogP contribution in [0.5, 0.6) is 0 Å². The van der Waals surface area contributed by atoms with Crippen LogP contribution in [0.3, 0.4) is 0 Å². The van der Waals surface area contributed by atoms with Gasteiger partial charge < -0.3 is 10.2 Å². The van der Waals surface area contributed by atoms with E-state index in [9.17, 15) is 19.2 Å². The first-order valence-electron chi connectivity index (χ1n) is 6.12. The summed E-state index contributed by atoms with van der Waals surface area (Å²) in [5.41, 5.74) is 0.758. The second kappa shape index (κ2) is 6.01. The number of hydrogen-bond donors (Lipinski definition) is 2. The van der Waals surface area contributed by atoms with Gasteiger partial charge in [0.05, 0.1) is 11.1 Å². The molecule has 0 bridgehead atoms. The van der Waals surface area contributed by atoms with Crippen LogP contribution in [0.1, 0.15) is 41.4 Å². The molecule has 22 heavy (non-hydrogen) atoms. The molecule has 6 nitrogen and oxygen atoms in total. The molecule has 0 spiro atoms. The molecule has 0 aliphatic heterocycles. The van der Waals surface area contributed by atoms with Gasteiger partial charge in [0.15, 0.2) is 0 Å². The van der Waals surface area contributed by atoms with Gasteiger partial charge in [0.25, 0.3) is 0 Å². The van der Waals surface area contributed by atoms with Gasteiger partial charge in [-0.05, 0) is 47.5 Å². The van der Waals surface area contributed by atoms with Crippen molar-refractivity contribution >= 4 is 24.5 Å². The van der Waals surface area contributed by atoms with Crippen LogP contribution in [0.4, 0.5) is 0 Å². The van der Waals surface area contributed by atoms with Gasteiger partial charge in [-0.3, -0.25) is 9.59 Å². The summed E-state index contributed by atoms with van der Waals surface area (Å²) in [6.45, 7) is 0. The predicted octanol–water partition coefficient (Wildman–Crippen LogP) is 2.38. The number of carbonyl (C=O) groups is 4. The molecule has 2 aromatic rings. The third kappa shape index (κ3) is 3.06. The summed E-state index contributed by atoms with van der Waals surface area (Å²) in [6.07, 6.45) is 0.995. The van der Waals surface area contributed by atoms with Crippen LogP contribution in [0.25, 0.3) is 11.1 Å². The number of hydrogen-bond acceptors (Lipinski definition) is 4. The van der Waals surface area contributed by atoms with Crippen LogP contribution >= 0.6 is 0 Å². The Morgan fingerprint density at radius 3 is 1.32 bits per heavy atom. The summed E-state index contributed by atoms with van der Waals surface area (Å²) in [4.78, 5) is 44.0. The number of rotatable bonds is 5. The molecule has 2 N–H and O–H groups in total. The summed E-state index contributed by atoms with van der Waals surface area (Å²) in [5.74, 6) is -2.43. The van der Waals surface area contributed by atoms with Crippen molar-refractivity contribution in [2.24, 2.45) is 0 Å². The third-order valence-corrected chi connectivity index (χ3v) is 3.01. The number of aldehydes is 2. The second-order valence-corrected chi connectivity index (χ2v) is 4.53. The van der Waals surface area contributed by atoms with E-state index in [1.807, 2.05) is 0 Å². The zero-order valence-electron chi connectivity index (χ0n) is 11.1. The highest BCUT2D eigenvalue weighted by Gasteiger charge is 2.12. The quantitative estimate of drug-likeness (QED) is 0.820. The van der Waals surface area contributed by atoms with Crippen LogP contribution in [0.2, 0.25) is 0 Å². The molecular formula is C16H10O6. The molecular weight excluding hydrogens is 288 g/mol. The van der Waals surface area contributed by atoms with E-state index in [4.69, 9.17) is 10.2 Å². The molecule has 0 aromatic heterocycles. The first-order valence-corrected chi connectivity index (χ1v) is 6.12. The summed E-state index contributed by atoms with van der Waals surface area (Å²) in [5, 5.41) is 18.1. The predicted molar refractivity (Wildman–Crippen MR) is 76.6 cm³/mol. The maximum absolute atomic E-state index is 11.1. The molecule has 0 saturated heterocycles. The highest BCUT2D eigenvalue weighted by molar-refractivity contribution is 5.95. The van der Waals surface area contributed by atoms with Gasteiger partial charge in [-0.1, -0.05) is 0 Å². The van der Waals surface area contributed by atoms with E-state index < -0.39 is 11.9 Å². The van der Waals surface area contributed by atoms with Crippen molar-refractivity contribution in [2.45, 2.75) is 0 Å². The largest absolute Gasteiger partial charge is 0.478 e. The summed E-state index contributed by atoms with van der Waals surface area (Å²) in [7, 11) is 0. The number of carbonyl (C=O) groups excluding carboxylic acids is 2. The van der Waals surface area contributed by atoms with Crippen LogP contribution in [0, 0.1) is 0 Å².